The molecular formula is C15H4ClF11N2O2S. The molecule has 0 spiro atoms. The maximum Gasteiger partial charge on any atom is 0.459 e. The van der Waals surface area contributed by atoms with E-state index in [0.29, 0.717) is 0 Å². The van der Waals surface area contributed by atoms with Crippen LogP contribution in [0.4, 0.5) is 48.3 Å². The zero-order chi connectivity index (χ0) is 24.9. The summed E-state index contributed by atoms with van der Waals surface area (Å²) in [6.07, 6.45) is -20.5. The lowest BCUT2D eigenvalue weighted by molar-refractivity contribution is -0.268. The van der Waals surface area contributed by atoms with Crippen molar-refractivity contribution in [3.63, 3.8) is 0 Å². The Labute approximate surface area is 178 Å². The molecule has 0 N–H and O–H groups in total. The van der Waals surface area contributed by atoms with Crippen molar-refractivity contribution < 1.29 is 57.9 Å². The lowest BCUT2D eigenvalue weighted by atomic mass is 10.1. The Balaban J connectivity index is 2.63. The quantitative estimate of drug-likeness (QED) is 0.159. The van der Waals surface area contributed by atoms with Gasteiger partial charge in [-0.25, -0.2) is 9.30 Å². The maximum absolute atomic E-state index is 13.6. The van der Waals surface area contributed by atoms with Crippen LogP contribution in [-0.4, -0.2) is 45.1 Å². The van der Waals surface area contributed by atoms with Gasteiger partial charge in [-0.2, -0.15) is 48.3 Å². The Morgan fingerprint density at radius 3 is 1.56 bits per heavy atom. The van der Waals surface area contributed by atoms with E-state index in [0.717, 1.165) is 12.1 Å². The summed E-state index contributed by atoms with van der Waals surface area (Å²) < 4.78 is 140. The molecule has 1 aliphatic rings. The van der Waals surface area contributed by atoms with Gasteiger partial charge in [0.2, 0.25) is 0 Å². The second-order valence-electron chi connectivity index (χ2n) is 5.70. The third-order valence-electron chi connectivity index (χ3n) is 3.58. The molecule has 0 unspecified atom stereocenters. The van der Waals surface area contributed by atoms with Crippen LogP contribution in [0.25, 0.3) is 0 Å². The number of rotatable bonds is 3. The van der Waals surface area contributed by atoms with Crippen LogP contribution in [0, 0.1) is 0 Å². The number of halogens is 12. The normalized spacial score (nSPS) is 15.9. The van der Waals surface area contributed by atoms with Crippen LogP contribution < -0.4 is 0 Å². The van der Waals surface area contributed by atoms with Gasteiger partial charge in [0.15, 0.2) is 10.1 Å². The summed E-state index contributed by atoms with van der Waals surface area (Å²) in [5, 5.41) is 0. The van der Waals surface area contributed by atoms with Crippen molar-refractivity contribution in [2.75, 3.05) is 0 Å². The first-order valence-electron chi connectivity index (χ1n) is 7.53. The van der Waals surface area contributed by atoms with Gasteiger partial charge in [0, 0.05) is 11.9 Å². The first kappa shape index (κ1) is 25.9. The molecule has 2 rings (SSSR count). The van der Waals surface area contributed by atoms with E-state index < -0.39 is 64.0 Å². The number of allylic oxidation sites excluding steroid dienone is 2. The summed E-state index contributed by atoms with van der Waals surface area (Å²) in [6.45, 7) is 0. The van der Waals surface area contributed by atoms with Gasteiger partial charge in [0.1, 0.15) is 5.70 Å². The van der Waals surface area contributed by atoms with Crippen LogP contribution in [0.3, 0.4) is 0 Å². The zero-order valence-corrected chi connectivity index (χ0v) is 16.0. The fourth-order valence-corrected chi connectivity index (χ4v) is 3.22. The smallest absolute Gasteiger partial charge is 0.268 e. The SMILES string of the molecule is O=C1c2ccccc2C(=O)N1SC(Cl)=NC(=C(C(F)(F)F)C(F)(F)F)C(F)(F)C(F)(F)F. The number of carbonyl (C=O) groups is 2. The van der Waals surface area contributed by atoms with E-state index in [1.165, 1.54) is 12.1 Å². The number of hydrogen-bond donors (Lipinski definition) is 0. The Morgan fingerprint density at radius 2 is 1.22 bits per heavy atom. The highest BCUT2D eigenvalue weighted by Gasteiger charge is 2.66. The van der Waals surface area contributed by atoms with E-state index in [1.54, 1.807) is 0 Å². The summed E-state index contributed by atoms with van der Waals surface area (Å²) in [6, 6.07) is 4.74. The van der Waals surface area contributed by atoms with Crippen molar-refractivity contribution in [1.29, 1.82) is 0 Å². The van der Waals surface area contributed by atoms with Crippen molar-refractivity contribution >= 4 is 39.9 Å². The van der Waals surface area contributed by atoms with Gasteiger partial charge >= 0.3 is 24.5 Å². The minimum atomic E-state index is -6.94. The lowest BCUT2D eigenvalue weighted by Gasteiger charge is -2.25. The summed E-state index contributed by atoms with van der Waals surface area (Å²) in [5.74, 6) is -9.20. The lowest BCUT2D eigenvalue weighted by Crippen LogP contribution is -2.42. The first-order chi connectivity index (χ1) is 14.3. The van der Waals surface area contributed by atoms with Crippen LogP contribution in [0.2, 0.25) is 0 Å². The second kappa shape index (κ2) is 8.20. The minimum Gasteiger partial charge on any atom is -0.268 e. The third kappa shape index (κ3) is 4.84. The number of nitrogens with zero attached hydrogens (tertiary/aromatic N) is 2. The predicted molar refractivity (Wildman–Crippen MR) is 88.0 cm³/mol. The average molecular weight is 521 g/mol. The molecule has 0 saturated carbocycles. The van der Waals surface area contributed by atoms with Crippen LogP contribution in [-0.2, 0) is 0 Å². The van der Waals surface area contributed by atoms with E-state index in [4.69, 9.17) is 11.6 Å². The van der Waals surface area contributed by atoms with E-state index in [-0.39, 0.29) is 15.4 Å². The molecule has 0 saturated heterocycles. The fourth-order valence-electron chi connectivity index (χ4n) is 2.28. The summed E-state index contributed by atoms with van der Waals surface area (Å²) in [7, 11) is 0. The Morgan fingerprint density at radius 1 is 0.812 bits per heavy atom. The molecule has 1 aliphatic heterocycles. The number of carbonyl (C=O) groups excluding carboxylic acids is 2. The second-order valence-corrected chi connectivity index (χ2v) is 7.21. The maximum atomic E-state index is 13.6. The molecule has 0 aromatic heterocycles. The average Bonchev–Trinajstić information content (AvgIpc) is 2.83. The number of fused-ring (bicyclic) bond motifs is 1. The minimum absolute atomic E-state index is 0.0146. The van der Waals surface area contributed by atoms with Crippen molar-refractivity contribution in [3.05, 3.63) is 46.7 Å². The molecule has 0 aliphatic carbocycles. The number of amides is 2. The molecule has 0 atom stereocenters. The van der Waals surface area contributed by atoms with E-state index in [1.807, 2.05) is 4.99 Å². The molecule has 17 heteroatoms. The van der Waals surface area contributed by atoms with Crippen molar-refractivity contribution in [2.24, 2.45) is 4.99 Å². The molecule has 0 fully saturated rings. The predicted octanol–water partition coefficient (Wildman–Crippen LogP) is 6.10. The van der Waals surface area contributed by atoms with Gasteiger partial charge in [-0.15, -0.1) is 0 Å². The van der Waals surface area contributed by atoms with E-state index in [9.17, 15) is 57.9 Å². The monoisotopic (exact) mass is 520 g/mol. The van der Waals surface area contributed by atoms with Gasteiger partial charge in [-0.05, 0) is 12.1 Å². The molecule has 1 aromatic carbocycles. The van der Waals surface area contributed by atoms with E-state index in [2.05, 4.69) is 0 Å². The van der Waals surface area contributed by atoms with Crippen LogP contribution in [0.5, 0.6) is 0 Å². The molecule has 1 heterocycles. The molecule has 1 aromatic rings. The molecule has 32 heavy (non-hydrogen) atoms. The number of aliphatic imine (C=N–C) groups is 1. The molecule has 0 radical (unpaired) electrons. The molecule has 176 valence electrons. The van der Waals surface area contributed by atoms with Gasteiger partial charge < -0.3 is 0 Å². The summed E-state index contributed by atoms with van der Waals surface area (Å²) in [5.41, 5.74) is -8.67. The van der Waals surface area contributed by atoms with Crippen molar-refractivity contribution in [1.82, 2.24) is 4.31 Å². The highest BCUT2D eigenvalue weighted by Crippen LogP contribution is 2.50. The molecule has 2 amide bonds. The number of imide groups is 1. The van der Waals surface area contributed by atoms with E-state index >= 15 is 0 Å². The largest absolute Gasteiger partial charge is 0.459 e. The molecular weight excluding hydrogens is 517 g/mol. The van der Waals surface area contributed by atoms with Gasteiger partial charge in [0.25, 0.3) is 11.8 Å². The van der Waals surface area contributed by atoms with Gasteiger partial charge in [-0.3, -0.25) is 9.59 Å². The number of benzene rings is 1. The molecule has 4 nitrogen and oxygen atoms in total. The van der Waals surface area contributed by atoms with Crippen molar-refractivity contribution in [3.8, 4) is 0 Å². The van der Waals surface area contributed by atoms with Crippen molar-refractivity contribution in [2.45, 2.75) is 24.5 Å². The third-order valence-corrected chi connectivity index (χ3v) is 4.63. The summed E-state index contributed by atoms with van der Waals surface area (Å²) in [4.78, 5) is 26.2. The number of alkyl halides is 11. The first-order valence-corrected chi connectivity index (χ1v) is 8.69. The Kier molecular flexibility index (Phi) is 6.64. The zero-order valence-electron chi connectivity index (χ0n) is 14.5. The van der Waals surface area contributed by atoms with Gasteiger partial charge in [0.05, 0.1) is 11.1 Å². The fraction of sp³-hybridized carbons (Fsp3) is 0.267. The topological polar surface area (TPSA) is 49.7 Å². The highest BCUT2D eigenvalue weighted by atomic mass is 35.5. The number of hydrogen-bond acceptors (Lipinski definition) is 4. The Hall–Kier alpha value is -2.36. The van der Waals surface area contributed by atoms with Crippen LogP contribution in [0.15, 0.2) is 40.5 Å². The standard InChI is InChI=1S/C15H4ClF11N2O2S/c16-11(32-29-9(30)5-3-1-2-4-6(5)10(29)31)28-8(12(17,18)15(25,26)27)7(13(19,20)21)14(22,23)24/h1-4H. The Bertz CT molecular complexity index is 961. The summed E-state index contributed by atoms with van der Waals surface area (Å²) >= 11 is 4.68. The molecule has 0 bridgehead atoms. The highest BCUT2D eigenvalue weighted by molar-refractivity contribution is 8.15. The van der Waals surface area contributed by atoms with Crippen LogP contribution >= 0.6 is 23.5 Å². The van der Waals surface area contributed by atoms with Crippen LogP contribution in [0.1, 0.15) is 20.7 Å². The van der Waals surface area contributed by atoms with Gasteiger partial charge in [-0.1, -0.05) is 23.7 Å².